The Labute approximate surface area is 321 Å². The fourth-order valence-corrected chi connectivity index (χ4v) is 6.82. The van der Waals surface area contributed by atoms with Gasteiger partial charge in [0.2, 0.25) is 0 Å². The number of allylic oxidation sites excluding steroid dienone is 2. The Bertz CT molecular complexity index is 855. The van der Waals surface area contributed by atoms with E-state index in [1.165, 1.54) is 116 Å². The third-order valence-electron chi connectivity index (χ3n) is 10.1. The zero-order valence-electron chi connectivity index (χ0n) is 34.4. The van der Waals surface area contributed by atoms with Crippen molar-refractivity contribution in [1.29, 1.82) is 0 Å². The lowest BCUT2D eigenvalue weighted by Crippen LogP contribution is -2.28. The maximum Gasteiger partial charge on any atom is 0.306 e. The van der Waals surface area contributed by atoms with E-state index < -0.39 is 0 Å². The minimum atomic E-state index is -0.173. The first-order valence-corrected chi connectivity index (χ1v) is 22.2. The third kappa shape index (κ3) is 32.9. The highest BCUT2D eigenvalue weighted by molar-refractivity contribution is 5.69. The molecule has 0 aromatic heterocycles. The van der Waals surface area contributed by atoms with Crippen molar-refractivity contribution in [2.75, 3.05) is 39.5 Å². The van der Waals surface area contributed by atoms with Crippen molar-refractivity contribution in [3.8, 4) is 0 Å². The number of carbonyl (C=O) groups excluding carboxylic acids is 2. The SMILES string of the molecule is CCCCCC/C=C\COC(=O)CCCCCCCCCC(CCCCCCCC(=O)OC/C=C\CCCCCC)OC(C)OCCN1CCCC1. The first-order valence-electron chi connectivity index (χ1n) is 22.2. The lowest BCUT2D eigenvalue weighted by molar-refractivity contribution is -0.165. The average Bonchev–Trinajstić information content (AvgIpc) is 3.66. The predicted octanol–water partition coefficient (Wildman–Crippen LogP) is 12.2. The molecule has 2 atom stereocenters. The molecule has 1 aliphatic rings. The molecule has 0 bridgehead atoms. The number of unbranched alkanes of at least 4 members (excludes halogenated alkanes) is 18. The fourth-order valence-electron chi connectivity index (χ4n) is 6.82. The van der Waals surface area contributed by atoms with Gasteiger partial charge in [-0.1, -0.05) is 141 Å². The molecule has 0 aliphatic carbocycles. The van der Waals surface area contributed by atoms with Gasteiger partial charge in [0.05, 0.1) is 12.7 Å². The Morgan fingerprint density at radius 3 is 1.50 bits per heavy atom. The molecule has 2 unspecified atom stereocenters. The molecular formula is C45H83NO6. The van der Waals surface area contributed by atoms with Gasteiger partial charge in [0.1, 0.15) is 13.2 Å². The molecule has 0 aromatic carbocycles. The van der Waals surface area contributed by atoms with Crippen molar-refractivity contribution in [3.63, 3.8) is 0 Å². The molecule has 1 fully saturated rings. The smallest absolute Gasteiger partial charge is 0.306 e. The maximum absolute atomic E-state index is 12.1. The van der Waals surface area contributed by atoms with E-state index in [4.69, 9.17) is 18.9 Å². The number of nitrogens with zero attached hydrogens (tertiary/aromatic N) is 1. The summed E-state index contributed by atoms with van der Waals surface area (Å²) in [5.41, 5.74) is 0. The summed E-state index contributed by atoms with van der Waals surface area (Å²) < 4.78 is 23.2. The Balaban J connectivity index is 2.16. The van der Waals surface area contributed by atoms with Crippen LogP contribution in [0.3, 0.4) is 0 Å². The molecule has 0 aromatic rings. The number of ether oxygens (including phenoxy) is 4. The van der Waals surface area contributed by atoms with Gasteiger partial charge in [-0.25, -0.2) is 0 Å². The summed E-state index contributed by atoms with van der Waals surface area (Å²) in [4.78, 5) is 26.5. The standard InChI is InChI=1S/C45H83NO6/c1-4-6-8-10-15-22-30-39-50-44(47)34-26-20-14-12-13-18-24-32-43(52-42(3)49-41-38-46-36-28-29-37-46)33-25-19-17-21-27-35-45(48)51-40-31-23-16-11-9-7-5-2/h22-23,30-31,42-43H,4-21,24-29,32-41H2,1-3H3/b30-22-,31-23-. The molecule has 1 heterocycles. The van der Waals surface area contributed by atoms with Crippen molar-refractivity contribution >= 4 is 11.9 Å². The first-order chi connectivity index (χ1) is 25.5. The molecule has 0 radical (unpaired) electrons. The Kier molecular flexibility index (Phi) is 34.9. The molecule has 1 rings (SSSR count). The number of esters is 2. The van der Waals surface area contributed by atoms with Crippen LogP contribution >= 0.6 is 0 Å². The van der Waals surface area contributed by atoms with Gasteiger partial charge in [-0.2, -0.15) is 0 Å². The average molecular weight is 734 g/mol. The van der Waals surface area contributed by atoms with Crippen LogP contribution in [0.4, 0.5) is 0 Å². The zero-order valence-corrected chi connectivity index (χ0v) is 34.4. The lowest BCUT2D eigenvalue weighted by atomic mass is 10.0. The molecule has 0 N–H and O–H groups in total. The lowest BCUT2D eigenvalue weighted by Gasteiger charge is -2.24. The number of likely N-dealkylation sites (tertiary alicyclic amines) is 1. The molecular weight excluding hydrogens is 650 g/mol. The van der Waals surface area contributed by atoms with Crippen LogP contribution in [0.15, 0.2) is 24.3 Å². The van der Waals surface area contributed by atoms with E-state index >= 15 is 0 Å². The second-order valence-corrected chi connectivity index (χ2v) is 15.1. The molecule has 52 heavy (non-hydrogen) atoms. The molecule has 7 heteroatoms. The Morgan fingerprint density at radius 1 is 0.577 bits per heavy atom. The van der Waals surface area contributed by atoms with E-state index in [0.29, 0.717) is 26.1 Å². The molecule has 0 saturated carbocycles. The molecule has 0 amide bonds. The summed E-state index contributed by atoms with van der Waals surface area (Å²) in [5, 5.41) is 0. The van der Waals surface area contributed by atoms with Crippen LogP contribution in [-0.4, -0.2) is 68.7 Å². The summed E-state index contributed by atoms with van der Waals surface area (Å²) in [6, 6.07) is 0. The quantitative estimate of drug-likeness (QED) is 0.0271. The van der Waals surface area contributed by atoms with Crippen molar-refractivity contribution in [1.82, 2.24) is 4.90 Å². The van der Waals surface area contributed by atoms with Crippen molar-refractivity contribution in [2.24, 2.45) is 0 Å². The van der Waals surface area contributed by atoms with Crippen molar-refractivity contribution in [2.45, 2.75) is 213 Å². The van der Waals surface area contributed by atoms with E-state index in [0.717, 1.165) is 77.4 Å². The predicted molar refractivity (Wildman–Crippen MR) is 218 cm³/mol. The van der Waals surface area contributed by atoms with Gasteiger partial charge in [0.15, 0.2) is 6.29 Å². The van der Waals surface area contributed by atoms with E-state index in [1.807, 2.05) is 12.2 Å². The largest absolute Gasteiger partial charge is 0.461 e. The van der Waals surface area contributed by atoms with Crippen LogP contribution < -0.4 is 0 Å². The first kappa shape index (κ1) is 48.3. The van der Waals surface area contributed by atoms with Crippen LogP contribution in [0.5, 0.6) is 0 Å². The van der Waals surface area contributed by atoms with Gasteiger partial charge in [0.25, 0.3) is 0 Å². The summed E-state index contributed by atoms with van der Waals surface area (Å²) in [6.07, 6.45) is 39.9. The van der Waals surface area contributed by atoms with Gasteiger partial charge < -0.3 is 23.8 Å². The maximum atomic E-state index is 12.1. The molecule has 1 aliphatic heterocycles. The fraction of sp³-hybridized carbons (Fsp3) is 0.867. The second kappa shape index (κ2) is 37.6. The normalized spacial score (nSPS) is 14.8. The highest BCUT2D eigenvalue weighted by Gasteiger charge is 2.16. The van der Waals surface area contributed by atoms with E-state index in [1.54, 1.807) is 0 Å². The van der Waals surface area contributed by atoms with Crippen LogP contribution in [0.2, 0.25) is 0 Å². The van der Waals surface area contributed by atoms with Crippen LogP contribution in [0, 0.1) is 0 Å². The zero-order chi connectivity index (χ0) is 37.6. The highest BCUT2D eigenvalue weighted by atomic mass is 16.7. The Morgan fingerprint density at radius 2 is 1.02 bits per heavy atom. The van der Waals surface area contributed by atoms with E-state index in [9.17, 15) is 9.59 Å². The minimum Gasteiger partial charge on any atom is -0.461 e. The van der Waals surface area contributed by atoms with Crippen LogP contribution in [0.1, 0.15) is 201 Å². The van der Waals surface area contributed by atoms with Crippen molar-refractivity contribution < 1.29 is 28.5 Å². The molecule has 304 valence electrons. The van der Waals surface area contributed by atoms with Gasteiger partial charge in [-0.15, -0.1) is 0 Å². The summed E-state index contributed by atoms with van der Waals surface area (Å²) >= 11 is 0. The number of rotatable bonds is 38. The number of hydrogen-bond acceptors (Lipinski definition) is 7. The molecule has 0 spiro atoms. The van der Waals surface area contributed by atoms with Crippen LogP contribution in [0.25, 0.3) is 0 Å². The number of carbonyl (C=O) groups is 2. The minimum absolute atomic E-state index is 0.0668. The third-order valence-corrected chi connectivity index (χ3v) is 10.1. The van der Waals surface area contributed by atoms with E-state index in [-0.39, 0.29) is 24.3 Å². The van der Waals surface area contributed by atoms with Gasteiger partial charge in [-0.05, 0) is 84.2 Å². The molecule has 1 saturated heterocycles. The summed E-state index contributed by atoms with van der Waals surface area (Å²) in [7, 11) is 0. The van der Waals surface area contributed by atoms with E-state index in [2.05, 4.69) is 37.8 Å². The topological polar surface area (TPSA) is 74.3 Å². The van der Waals surface area contributed by atoms with Gasteiger partial charge >= 0.3 is 11.9 Å². The summed E-state index contributed by atoms with van der Waals surface area (Å²) in [6.45, 7) is 11.5. The highest BCUT2D eigenvalue weighted by Crippen LogP contribution is 2.19. The monoisotopic (exact) mass is 734 g/mol. The van der Waals surface area contributed by atoms with Gasteiger partial charge in [-0.3, -0.25) is 9.59 Å². The number of hydrogen-bond donors (Lipinski definition) is 0. The Hall–Kier alpha value is -1.70. The van der Waals surface area contributed by atoms with Gasteiger partial charge in [0, 0.05) is 19.4 Å². The summed E-state index contributed by atoms with van der Waals surface area (Å²) in [5.74, 6) is -0.141. The van der Waals surface area contributed by atoms with Crippen LogP contribution in [-0.2, 0) is 28.5 Å². The van der Waals surface area contributed by atoms with Crippen molar-refractivity contribution in [3.05, 3.63) is 24.3 Å². The second-order valence-electron chi connectivity index (χ2n) is 15.1. The molecule has 7 nitrogen and oxygen atoms in total.